The smallest absolute Gasteiger partial charge is 0.426 e. The van der Waals surface area contributed by atoms with Crippen molar-refractivity contribution in [1.29, 1.82) is 0 Å². The van der Waals surface area contributed by atoms with Gasteiger partial charge in [0.25, 0.3) is 0 Å². The van der Waals surface area contributed by atoms with Crippen LogP contribution in [0.2, 0.25) is 0 Å². The van der Waals surface area contributed by atoms with Crippen LogP contribution in [0, 0.1) is 0 Å². The van der Waals surface area contributed by atoms with Crippen LogP contribution in [-0.2, 0) is 24.8 Å². The Morgan fingerprint density at radius 2 is 2.00 bits per heavy atom. The van der Waals surface area contributed by atoms with E-state index < -0.39 is 13.1 Å². The highest BCUT2D eigenvalue weighted by molar-refractivity contribution is 6.43. The van der Waals surface area contributed by atoms with E-state index in [1.807, 2.05) is 55.6 Å². The van der Waals surface area contributed by atoms with Gasteiger partial charge in [0.15, 0.2) is 0 Å². The summed E-state index contributed by atoms with van der Waals surface area (Å²) < 4.78 is 3.37. The summed E-state index contributed by atoms with van der Waals surface area (Å²) >= 11 is 0. The van der Waals surface area contributed by atoms with E-state index in [0.29, 0.717) is 6.54 Å². The molecule has 2 aromatic carbocycles. The Morgan fingerprint density at radius 3 is 2.77 bits per heavy atom. The number of amides is 1. The molecule has 1 atom stereocenters. The maximum atomic E-state index is 12.4. The van der Waals surface area contributed by atoms with Crippen LogP contribution in [0.15, 0.2) is 60.9 Å². The Bertz CT molecular complexity index is 1170. The van der Waals surface area contributed by atoms with Gasteiger partial charge in [-0.15, -0.1) is 5.10 Å². The zero-order chi connectivity index (χ0) is 21.8. The molecule has 1 unspecified atom stereocenters. The summed E-state index contributed by atoms with van der Waals surface area (Å²) in [6, 6.07) is 15.4. The van der Waals surface area contributed by atoms with Crippen LogP contribution in [0.5, 0.6) is 0 Å². The number of hydrogen-bond acceptors (Lipinski definition) is 6. The predicted molar refractivity (Wildman–Crippen MR) is 117 cm³/mol. The zero-order valence-electron chi connectivity index (χ0n) is 17.1. The van der Waals surface area contributed by atoms with Crippen LogP contribution in [0.3, 0.4) is 0 Å². The molecule has 1 amide bonds. The van der Waals surface area contributed by atoms with Crippen molar-refractivity contribution in [3.63, 3.8) is 0 Å². The molecule has 0 bridgehead atoms. The molecule has 0 saturated heterocycles. The summed E-state index contributed by atoms with van der Waals surface area (Å²) in [6.45, 7) is 0.335. The molecule has 4 rings (SSSR count). The van der Waals surface area contributed by atoms with Crippen molar-refractivity contribution in [3.05, 3.63) is 66.5 Å². The summed E-state index contributed by atoms with van der Waals surface area (Å²) in [5.41, 5.74) is 3.54. The van der Waals surface area contributed by atoms with Crippen LogP contribution >= 0.6 is 0 Å². The third-order valence-corrected chi connectivity index (χ3v) is 5.15. The van der Waals surface area contributed by atoms with Gasteiger partial charge >= 0.3 is 7.12 Å². The first kappa shape index (κ1) is 20.8. The van der Waals surface area contributed by atoms with Crippen molar-refractivity contribution in [2.75, 3.05) is 0 Å². The fourth-order valence-electron chi connectivity index (χ4n) is 3.47. The molecule has 2 heterocycles. The molecule has 0 aliphatic carbocycles. The molecule has 31 heavy (non-hydrogen) atoms. The van der Waals surface area contributed by atoms with Gasteiger partial charge in [-0.25, -0.2) is 0 Å². The van der Waals surface area contributed by atoms with Gasteiger partial charge in [-0.2, -0.15) is 5.10 Å². The van der Waals surface area contributed by atoms with E-state index in [0.717, 1.165) is 27.7 Å². The summed E-state index contributed by atoms with van der Waals surface area (Å²) in [7, 11) is 0.185. The highest BCUT2D eigenvalue weighted by Gasteiger charge is 2.25. The minimum absolute atomic E-state index is 0.141. The largest absolute Gasteiger partial charge is 0.475 e. The van der Waals surface area contributed by atoms with Gasteiger partial charge in [0.05, 0.1) is 30.4 Å². The Labute approximate surface area is 179 Å². The number of nitrogens with zero attached hydrogens (tertiary/aromatic N) is 5. The van der Waals surface area contributed by atoms with Gasteiger partial charge in [0.1, 0.15) is 5.69 Å². The number of nitrogens with one attached hydrogen (secondary N) is 1. The molecule has 0 aliphatic rings. The molecular formula is C21H23BN6O3. The lowest BCUT2D eigenvalue weighted by Gasteiger charge is -2.18. The van der Waals surface area contributed by atoms with Crippen LogP contribution in [0.4, 0.5) is 0 Å². The molecule has 2 aromatic heterocycles. The molecule has 4 aromatic rings. The maximum absolute atomic E-state index is 12.4. The lowest BCUT2D eigenvalue weighted by molar-refractivity contribution is -0.121. The van der Waals surface area contributed by atoms with Gasteiger partial charge in [-0.05, 0) is 24.1 Å². The molecule has 3 N–H and O–H groups in total. The van der Waals surface area contributed by atoms with E-state index >= 15 is 0 Å². The van der Waals surface area contributed by atoms with Crippen molar-refractivity contribution >= 4 is 23.9 Å². The highest BCUT2D eigenvalue weighted by atomic mass is 16.4. The van der Waals surface area contributed by atoms with E-state index in [-0.39, 0.29) is 18.7 Å². The topological polar surface area (TPSA) is 118 Å². The Hall–Kier alpha value is -3.50. The standard InChI is InChI=1S/C21H23BN6O3/c1-27-19-8-7-15(11-17(19)13-23-27)12-20(22(30)31)24-21(29)9-10-28-14-18(25-26-28)16-5-3-2-4-6-16/h2-8,11,13-14,20,30-31H,9-10,12H2,1H3,(H,24,29). The van der Waals surface area contributed by atoms with Crippen LogP contribution in [0.25, 0.3) is 22.2 Å². The summed E-state index contributed by atoms with van der Waals surface area (Å²) in [5, 5.41) is 35.6. The van der Waals surface area contributed by atoms with Crippen molar-refractivity contribution in [2.45, 2.75) is 25.3 Å². The van der Waals surface area contributed by atoms with Gasteiger partial charge in [0, 0.05) is 24.4 Å². The maximum Gasteiger partial charge on any atom is 0.475 e. The minimum Gasteiger partial charge on any atom is -0.426 e. The number of benzene rings is 2. The first-order valence-electron chi connectivity index (χ1n) is 10.0. The van der Waals surface area contributed by atoms with Crippen molar-refractivity contribution in [3.8, 4) is 11.3 Å². The third kappa shape index (κ3) is 4.98. The van der Waals surface area contributed by atoms with E-state index in [9.17, 15) is 14.8 Å². The van der Waals surface area contributed by atoms with Crippen molar-refractivity contribution in [2.24, 2.45) is 7.05 Å². The average Bonchev–Trinajstić information content (AvgIpc) is 3.39. The number of carbonyl (C=O) groups is 1. The van der Waals surface area contributed by atoms with Gasteiger partial charge in [0.2, 0.25) is 5.91 Å². The lowest BCUT2D eigenvalue weighted by Crippen LogP contribution is -2.48. The minimum atomic E-state index is -1.68. The fourth-order valence-corrected chi connectivity index (χ4v) is 3.47. The molecule has 9 nitrogen and oxygen atoms in total. The Morgan fingerprint density at radius 1 is 1.19 bits per heavy atom. The lowest BCUT2D eigenvalue weighted by atomic mass is 9.75. The molecule has 0 spiro atoms. The first-order valence-corrected chi connectivity index (χ1v) is 10.0. The summed E-state index contributed by atoms with van der Waals surface area (Å²) in [6.07, 6.45) is 3.96. The van der Waals surface area contributed by atoms with Gasteiger partial charge in [-0.1, -0.05) is 41.6 Å². The van der Waals surface area contributed by atoms with Crippen molar-refractivity contribution in [1.82, 2.24) is 30.1 Å². The third-order valence-electron chi connectivity index (χ3n) is 5.15. The van der Waals surface area contributed by atoms with Crippen LogP contribution < -0.4 is 5.32 Å². The quantitative estimate of drug-likeness (QED) is 0.367. The SMILES string of the molecule is Cn1ncc2cc(CC(NC(=O)CCn3cc(-c4ccccc4)nn3)B(O)O)ccc21. The number of hydrogen-bond donors (Lipinski definition) is 3. The monoisotopic (exact) mass is 418 g/mol. The predicted octanol–water partition coefficient (Wildman–Crippen LogP) is 0.961. The summed E-state index contributed by atoms with van der Waals surface area (Å²) in [5.74, 6) is -1.12. The highest BCUT2D eigenvalue weighted by Crippen LogP contribution is 2.17. The summed E-state index contributed by atoms with van der Waals surface area (Å²) in [4.78, 5) is 12.4. The van der Waals surface area contributed by atoms with E-state index in [4.69, 9.17) is 0 Å². The number of aryl methyl sites for hydroxylation is 2. The number of fused-ring (bicyclic) bond motifs is 1. The number of carbonyl (C=O) groups excluding carboxylic acids is 1. The molecule has 0 radical (unpaired) electrons. The van der Waals surface area contributed by atoms with Gasteiger partial charge < -0.3 is 15.4 Å². The number of rotatable bonds is 8. The van der Waals surface area contributed by atoms with Crippen LogP contribution in [0.1, 0.15) is 12.0 Å². The van der Waals surface area contributed by atoms with Gasteiger partial charge in [-0.3, -0.25) is 14.2 Å². The average molecular weight is 418 g/mol. The molecule has 0 fully saturated rings. The number of aromatic nitrogens is 5. The Balaban J connectivity index is 1.34. The molecule has 0 aliphatic heterocycles. The second-order valence-corrected chi connectivity index (χ2v) is 7.44. The molecule has 10 heteroatoms. The molecular weight excluding hydrogens is 395 g/mol. The van der Waals surface area contributed by atoms with E-state index in [1.54, 1.807) is 21.8 Å². The van der Waals surface area contributed by atoms with Crippen molar-refractivity contribution < 1.29 is 14.8 Å². The van der Waals surface area contributed by atoms with E-state index in [1.165, 1.54) is 0 Å². The fraction of sp³-hybridized carbons (Fsp3) is 0.238. The second kappa shape index (κ2) is 9.11. The molecule has 158 valence electrons. The normalized spacial score (nSPS) is 12.1. The van der Waals surface area contributed by atoms with E-state index in [2.05, 4.69) is 20.7 Å². The zero-order valence-corrected chi connectivity index (χ0v) is 17.1. The second-order valence-electron chi connectivity index (χ2n) is 7.44. The van der Waals surface area contributed by atoms with Crippen LogP contribution in [-0.4, -0.2) is 53.8 Å². The Kier molecular flexibility index (Phi) is 6.10. The molecule has 0 saturated carbocycles. The first-order chi connectivity index (χ1) is 15.0.